The van der Waals surface area contributed by atoms with E-state index in [4.69, 9.17) is 4.74 Å². The molecule has 1 aromatic heterocycles. The normalized spacial score (nSPS) is 18.6. The van der Waals surface area contributed by atoms with Gasteiger partial charge in [0.2, 0.25) is 5.91 Å². The maximum atomic E-state index is 11.8. The van der Waals surface area contributed by atoms with E-state index in [0.717, 1.165) is 12.8 Å². The molecular formula is C12H17N5O3. The fraction of sp³-hybridized carbons (Fsp3) is 0.500. The molecule has 1 aromatic rings. The molecule has 1 saturated heterocycles. The standard InChI is InChI=1S/C12H17N5O3/c1-20-12-14-7-5-9(17-12)16-11(19)15-8-4-2-3-6-13-10(8)18/h5,7-8H,2-4,6H2,1H3,(H,13,18)(H2,14,15,16,17,19)/t8-/m0/s1. The Morgan fingerprint density at radius 1 is 1.50 bits per heavy atom. The van der Waals surface area contributed by atoms with E-state index in [1.165, 1.54) is 19.4 Å². The fourth-order valence-electron chi connectivity index (χ4n) is 1.90. The molecule has 3 amide bonds. The molecule has 1 aliphatic rings. The fourth-order valence-corrected chi connectivity index (χ4v) is 1.90. The first kappa shape index (κ1) is 14.0. The number of rotatable bonds is 3. The highest BCUT2D eigenvalue weighted by Crippen LogP contribution is 2.08. The van der Waals surface area contributed by atoms with E-state index in [-0.39, 0.29) is 11.9 Å². The summed E-state index contributed by atoms with van der Waals surface area (Å²) >= 11 is 0. The van der Waals surface area contributed by atoms with Crippen LogP contribution in [0.15, 0.2) is 12.3 Å². The average Bonchev–Trinajstić information content (AvgIpc) is 2.64. The number of hydrogen-bond donors (Lipinski definition) is 3. The molecule has 0 bridgehead atoms. The Kier molecular flexibility index (Phi) is 4.70. The molecule has 1 aliphatic heterocycles. The number of methoxy groups -OCH3 is 1. The molecule has 1 atom stereocenters. The van der Waals surface area contributed by atoms with Crippen molar-refractivity contribution in [3.8, 4) is 6.01 Å². The van der Waals surface area contributed by atoms with Crippen molar-refractivity contribution >= 4 is 17.8 Å². The average molecular weight is 279 g/mol. The van der Waals surface area contributed by atoms with Gasteiger partial charge in [-0.25, -0.2) is 9.78 Å². The summed E-state index contributed by atoms with van der Waals surface area (Å²) in [6.45, 7) is 0.655. The van der Waals surface area contributed by atoms with Crippen LogP contribution in [0.1, 0.15) is 19.3 Å². The zero-order valence-electron chi connectivity index (χ0n) is 11.2. The lowest BCUT2D eigenvalue weighted by Crippen LogP contribution is -2.47. The molecule has 0 radical (unpaired) electrons. The van der Waals surface area contributed by atoms with Gasteiger partial charge in [0.25, 0.3) is 0 Å². The topological polar surface area (TPSA) is 105 Å². The summed E-state index contributed by atoms with van der Waals surface area (Å²) < 4.78 is 4.86. The van der Waals surface area contributed by atoms with Crippen LogP contribution in [-0.2, 0) is 4.79 Å². The Labute approximate surface area is 116 Å². The first-order valence-electron chi connectivity index (χ1n) is 6.41. The highest BCUT2D eigenvalue weighted by molar-refractivity contribution is 5.93. The van der Waals surface area contributed by atoms with Gasteiger partial charge >= 0.3 is 12.0 Å². The third-order valence-corrected chi connectivity index (χ3v) is 2.90. The van der Waals surface area contributed by atoms with Crippen molar-refractivity contribution in [2.45, 2.75) is 25.3 Å². The second kappa shape index (κ2) is 6.69. The highest BCUT2D eigenvalue weighted by Gasteiger charge is 2.22. The Bertz CT molecular complexity index is 494. The Morgan fingerprint density at radius 3 is 3.15 bits per heavy atom. The largest absolute Gasteiger partial charge is 0.467 e. The predicted octanol–water partition coefficient (Wildman–Crippen LogP) is 0.275. The number of carbonyl (C=O) groups excluding carboxylic acids is 2. The van der Waals surface area contributed by atoms with Crippen LogP contribution in [0, 0.1) is 0 Å². The number of ether oxygens (including phenoxy) is 1. The number of amides is 3. The van der Waals surface area contributed by atoms with Crippen molar-refractivity contribution in [3.63, 3.8) is 0 Å². The Hall–Kier alpha value is -2.38. The second-order valence-corrected chi connectivity index (χ2v) is 4.37. The van der Waals surface area contributed by atoms with Crippen LogP contribution in [-0.4, -0.2) is 41.6 Å². The van der Waals surface area contributed by atoms with Gasteiger partial charge in [0, 0.05) is 12.7 Å². The van der Waals surface area contributed by atoms with Crippen LogP contribution in [0.3, 0.4) is 0 Å². The van der Waals surface area contributed by atoms with Gasteiger partial charge in [0.1, 0.15) is 11.9 Å². The first-order valence-corrected chi connectivity index (χ1v) is 6.41. The van der Waals surface area contributed by atoms with E-state index in [2.05, 4.69) is 25.9 Å². The van der Waals surface area contributed by atoms with Crippen LogP contribution in [0.25, 0.3) is 0 Å². The number of hydrogen-bond acceptors (Lipinski definition) is 5. The molecule has 0 aromatic carbocycles. The Balaban J connectivity index is 1.92. The summed E-state index contributed by atoms with van der Waals surface area (Å²) in [6, 6.07) is 0.707. The van der Waals surface area contributed by atoms with Gasteiger partial charge in [-0.15, -0.1) is 0 Å². The highest BCUT2D eigenvalue weighted by atomic mass is 16.5. The van der Waals surface area contributed by atoms with Crippen LogP contribution in [0.4, 0.5) is 10.6 Å². The zero-order valence-corrected chi connectivity index (χ0v) is 11.2. The molecule has 3 N–H and O–H groups in total. The van der Waals surface area contributed by atoms with Gasteiger partial charge in [0.05, 0.1) is 7.11 Å². The van der Waals surface area contributed by atoms with Gasteiger partial charge in [0.15, 0.2) is 0 Å². The lowest BCUT2D eigenvalue weighted by molar-refractivity contribution is -0.122. The van der Waals surface area contributed by atoms with Crippen molar-refractivity contribution in [2.24, 2.45) is 0 Å². The van der Waals surface area contributed by atoms with Gasteiger partial charge in [-0.05, 0) is 25.3 Å². The number of aromatic nitrogens is 2. The third kappa shape index (κ3) is 3.81. The zero-order chi connectivity index (χ0) is 14.4. The third-order valence-electron chi connectivity index (χ3n) is 2.90. The number of urea groups is 1. The van der Waals surface area contributed by atoms with Crippen molar-refractivity contribution < 1.29 is 14.3 Å². The van der Waals surface area contributed by atoms with Crippen LogP contribution in [0.2, 0.25) is 0 Å². The van der Waals surface area contributed by atoms with Crippen molar-refractivity contribution in [3.05, 3.63) is 12.3 Å². The molecule has 108 valence electrons. The SMILES string of the molecule is COc1nccc(NC(=O)N[C@H]2CCCCNC2=O)n1. The number of nitrogens with one attached hydrogen (secondary N) is 3. The van der Waals surface area contributed by atoms with Crippen LogP contribution < -0.4 is 20.7 Å². The van der Waals surface area contributed by atoms with Crippen LogP contribution >= 0.6 is 0 Å². The molecule has 2 heterocycles. The summed E-state index contributed by atoms with van der Waals surface area (Å²) in [5, 5.41) is 7.93. The van der Waals surface area contributed by atoms with Crippen molar-refractivity contribution in [1.29, 1.82) is 0 Å². The quantitative estimate of drug-likeness (QED) is 0.736. The number of nitrogens with zero attached hydrogens (tertiary/aromatic N) is 2. The smallest absolute Gasteiger partial charge is 0.321 e. The van der Waals surface area contributed by atoms with E-state index in [9.17, 15) is 9.59 Å². The minimum atomic E-state index is -0.513. The molecule has 0 saturated carbocycles. The molecule has 1 fully saturated rings. The lowest BCUT2D eigenvalue weighted by Gasteiger charge is -2.15. The monoisotopic (exact) mass is 279 g/mol. The van der Waals surface area contributed by atoms with E-state index in [1.54, 1.807) is 0 Å². The second-order valence-electron chi connectivity index (χ2n) is 4.37. The molecule has 2 rings (SSSR count). The van der Waals surface area contributed by atoms with E-state index >= 15 is 0 Å². The van der Waals surface area contributed by atoms with Crippen LogP contribution in [0.5, 0.6) is 6.01 Å². The summed E-state index contributed by atoms with van der Waals surface area (Å²) in [7, 11) is 1.44. The van der Waals surface area contributed by atoms with E-state index < -0.39 is 12.1 Å². The van der Waals surface area contributed by atoms with Crippen molar-refractivity contribution in [2.75, 3.05) is 19.0 Å². The minimum Gasteiger partial charge on any atom is -0.467 e. The first-order chi connectivity index (χ1) is 9.69. The molecule has 20 heavy (non-hydrogen) atoms. The summed E-state index contributed by atoms with van der Waals surface area (Å²) in [5.41, 5.74) is 0. The van der Waals surface area contributed by atoms with Gasteiger partial charge in [-0.3, -0.25) is 10.1 Å². The lowest BCUT2D eigenvalue weighted by atomic mass is 10.1. The molecule has 8 heteroatoms. The number of carbonyl (C=O) groups is 2. The van der Waals surface area contributed by atoms with Gasteiger partial charge in [-0.1, -0.05) is 0 Å². The summed E-state index contributed by atoms with van der Waals surface area (Å²) in [6.07, 6.45) is 3.92. The maximum absolute atomic E-state index is 11.8. The van der Waals surface area contributed by atoms with Gasteiger partial charge in [-0.2, -0.15) is 4.98 Å². The summed E-state index contributed by atoms with van der Waals surface area (Å²) in [5.74, 6) is 0.154. The van der Waals surface area contributed by atoms with E-state index in [0.29, 0.717) is 18.8 Å². The minimum absolute atomic E-state index is 0.155. The Morgan fingerprint density at radius 2 is 2.35 bits per heavy atom. The van der Waals surface area contributed by atoms with E-state index in [1.807, 2.05) is 0 Å². The molecule has 0 spiro atoms. The molecule has 0 aliphatic carbocycles. The van der Waals surface area contributed by atoms with Crippen molar-refractivity contribution in [1.82, 2.24) is 20.6 Å². The summed E-state index contributed by atoms with van der Waals surface area (Å²) in [4.78, 5) is 31.3. The number of anilines is 1. The molecule has 8 nitrogen and oxygen atoms in total. The molecular weight excluding hydrogens is 262 g/mol. The maximum Gasteiger partial charge on any atom is 0.321 e. The molecule has 0 unspecified atom stereocenters. The predicted molar refractivity (Wildman–Crippen MR) is 71.4 cm³/mol. The van der Waals surface area contributed by atoms with Gasteiger partial charge < -0.3 is 15.4 Å².